The number of rotatable bonds is 0. The fraction of sp³-hybridized carbons (Fsp3) is 0.125. The van der Waals surface area contributed by atoms with Crippen LogP contribution in [-0.2, 0) is 4.79 Å². The number of hydrogen-bond donors (Lipinski definition) is 0. The minimum absolute atomic E-state index is 0.0400. The molecule has 0 aliphatic carbocycles. The van der Waals surface area contributed by atoms with Crippen LogP contribution in [0.5, 0.6) is 0 Å². The maximum atomic E-state index is 12.6. The second kappa shape index (κ2) is 3.70. The monoisotopic (exact) mass is 264 g/mol. The van der Waals surface area contributed by atoms with Gasteiger partial charge in [0.05, 0.1) is 11.4 Å². The predicted octanol–water partition coefficient (Wildman–Crippen LogP) is 2.71. The van der Waals surface area contributed by atoms with Gasteiger partial charge in [-0.1, -0.05) is 30.3 Å². The molecule has 2 heterocycles. The Bertz CT molecular complexity index is 752. The van der Waals surface area contributed by atoms with Crippen LogP contribution in [-0.4, -0.2) is 11.8 Å². The first-order chi connectivity index (χ1) is 9.70. The highest BCUT2D eigenvalue weighted by atomic mass is 16.2. The molecule has 2 aromatic rings. The van der Waals surface area contributed by atoms with E-state index in [1.165, 1.54) is 6.92 Å². The maximum Gasteiger partial charge on any atom is 0.260 e. The Balaban J connectivity index is 2.00. The van der Waals surface area contributed by atoms with Crippen molar-refractivity contribution in [3.05, 3.63) is 59.7 Å². The standard InChI is InChI=1S/C16H12N2O2/c1-10(19)17-13-8-4-5-9-14(13)18-15(17)11-6-2-3-7-12(11)16(18)20/h2-9,15H,1H3. The molecule has 2 amide bonds. The van der Waals surface area contributed by atoms with Crippen LogP contribution in [0.25, 0.3) is 0 Å². The van der Waals surface area contributed by atoms with Crippen molar-refractivity contribution in [1.29, 1.82) is 0 Å². The van der Waals surface area contributed by atoms with Crippen LogP contribution in [0.2, 0.25) is 0 Å². The molecule has 2 aliphatic heterocycles. The van der Waals surface area contributed by atoms with E-state index in [0.717, 1.165) is 16.9 Å². The lowest BCUT2D eigenvalue weighted by molar-refractivity contribution is -0.116. The van der Waals surface area contributed by atoms with Crippen LogP contribution in [0.4, 0.5) is 11.4 Å². The van der Waals surface area contributed by atoms with E-state index < -0.39 is 0 Å². The number of amides is 2. The van der Waals surface area contributed by atoms with E-state index in [0.29, 0.717) is 5.56 Å². The summed E-state index contributed by atoms with van der Waals surface area (Å²) in [7, 11) is 0. The summed E-state index contributed by atoms with van der Waals surface area (Å²) >= 11 is 0. The van der Waals surface area contributed by atoms with Crippen molar-refractivity contribution in [2.45, 2.75) is 13.1 Å². The van der Waals surface area contributed by atoms with E-state index in [2.05, 4.69) is 0 Å². The second-order valence-corrected chi connectivity index (χ2v) is 5.01. The summed E-state index contributed by atoms with van der Waals surface area (Å²) in [5.74, 6) is -0.101. The largest absolute Gasteiger partial charge is 0.285 e. The molecule has 4 nitrogen and oxygen atoms in total. The van der Waals surface area contributed by atoms with E-state index in [1.807, 2.05) is 48.5 Å². The highest BCUT2D eigenvalue weighted by Gasteiger charge is 2.48. The van der Waals surface area contributed by atoms with Gasteiger partial charge in [0.2, 0.25) is 5.91 Å². The summed E-state index contributed by atoms with van der Waals surface area (Å²) in [6.07, 6.45) is -0.339. The second-order valence-electron chi connectivity index (χ2n) is 5.01. The topological polar surface area (TPSA) is 40.6 Å². The summed E-state index contributed by atoms with van der Waals surface area (Å²) in [6.45, 7) is 1.53. The summed E-state index contributed by atoms with van der Waals surface area (Å²) < 4.78 is 0. The lowest BCUT2D eigenvalue weighted by Crippen LogP contribution is -2.36. The lowest BCUT2D eigenvalue weighted by Gasteiger charge is -2.24. The fourth-order valence-electron chi connectivity index (χ4n) is 3.14. The highest BCUT2D eigenvalue weighted by molar-refractivity contribution is 6.17. The van der Waals surface area contributed by atoms with Crippen molar-refractivity contribution >= 4 is 23.2 Å². The number of para-hydroxylation sites is 2. The highest BCUT2D eigenvalue weighted by Crippen LogP contribution is 2.50. The number of carbonyl (C=O) groups excluding carboxylic acids is 2. The zero-order valence-corrected chi connectivity index (χ0v) is 10.9. The summed E-state index contributed by atoms with van der Waals surface area (Å²) in [5, 5.41) is 0. The molecule has 0 saturated carbocycles. The Kier molecular flexibility index (Phi) is 2.07. The third-order valence-electron chi connectivity index (χ3n) is 3.92. The minimum Gasteiger partial charge on any atom is -0.285 e. The number of anilines is 2. The number of fused-ring (bicyclic) bond motifs is 5. The van der Waals surface area contributed by atoms with Gasteiger partial charge in [-0.2, -0.15) is 0 Å². The quantitative estimate of drug-likeness (QED) is 0.734. The van der Waals surface area contributed by atoms with Crippen LogP contribution < -0.4 is 9.80 Å². The van der Waals surface area contributed by atoms with E-state index in [1.54, 1.807) is 9.80 Å². The molecule has 98 valence electrons. The van der Waals surface area contributed by atoms with Gasteiger partial charge >= 0.3 is 0 Å². The third kappa shape index (κ3) is 1.20. The molecule has 0 bridgehead atoms. The normalized spacial score (nSPS) is 18.9. The molecule has 1 atom stereocenters. The SMILES string of the molecule is CC(=O)N1c2ccccc2N2C(=O)c3ccccc3C12. The molecule has 1 unspecified atom stereocenters. The van der Waals surface area contributed by atoms with Gasteiger partial charge in [-0.3, -0.25) is 19.4 Å². The lowest BCUT2D eigenvalue weighted by atomic mass is 10.1. The van der Waals surface area contributed by atoms with E-state index in [-0.39, 0.29) is 18.0 Å². The molecule has 0 fully saturated rings. The van der Waals surface area contributed by atoms with E-state index in [4.69, 9.17) is 0 Å². The number of benzene rings is 2. The van der Waals surface area contributed by atoms with Gasteiger partial charge in [-0.25, -0.2) is 0 Å². The van der Waals surface area contributed by atoms with Crippen molar-refractivity contribution in [2.24, 2.45) is 0 Å². The number of carbonyl (C=O) groups is 2. The van der Waals surface area contributed by atoms with Gasteiger partial charge in [0.25, 0.3) is 5.91 Å². The molecule has 2 aliphatic rings. The molecule has 0 aromatic heterocycles. The Labute approximate surface area is 116 Å². The Morgan fingerprint density at radius 2 is 1.65 bits per heavy atom. The Morgan fingerprint density at radius 3 is 2.40 bits per heavy atom. The van der Waals surface area contributed by atoms with Gasteiger partial charge in [0.1, 0.15) is 6.17 Å². The molecule has 0 N–H and O–H groups in total. The molecule has 0 spiro atoms. The molecule has 0 saturated heterocycles. The zero-order valence-electron chi connectivity index (χ0n) is 10.9. The molecule has 4 heteroatoms. The van der Waals surface area contributed by atoms with Crippen molar-refractivity contribution in [3.8, 4) is 0 Å². The van der Waals surface area contributed by atoms with Crippen molar-refractivity contribution in [2.75, 3.05) is 9.80 Å². The van der Waals surface area contributed by atoms with Crippen molar-refractivity contribution < 1.29 is 9.59 Å². The predicted molar refractivity (Wildman–Crippen MR) is 75.6 cm³/mol. The molecule has 0 radical (unpaired) electrons. The maximum absolute atomic E-state index is 12.6. The van der Waals surface area contributed by atoms with Gasteiger partial charge in [-0.15, -0.1) is 0 Å². The molecular weight excluding hydrogens is 252 g/mol. The summed E-state index contributed by atoms with van der Waals surface area (Å²) in [4.78, 5) is 28.1. The third-order valence-corrected chi connectivity index (χ3v) is 3.92. The Hall–Kier alpha value is -2.62. The van der Waals surface area contributed by atoms with Gasteiger partial charge in [0, 0.05) is 18.1 Å². The van der Waals surface area contributed by atoms with Crippen LogP contribution in [0, 0.1) is 0 Å². The van der Waals surface area contributed by atoms with Gasteiger partial charge in [-0.05, 0) is 18.2 Å². The molecule has 4 rings (SSSR count). The van der Waals surface area contributed by atoms with Crippen LogP contribution in [0.1, 0.15) is 29.0 Å². The average molecular weight is 264 g/mol. The molecule has 20 heavy (non-hydrogen) atoms. The fourth-order valence-corrected chi connectivity index (χ4v) is 3.14. The smallest absolute Gasteiger partial charge is 0.260 e. The summed E-state index contributed by atoms with van der Waals surface area (Å²) in [6, 6.07) is 15.0. The number of nitrogens with zero attached hydrogens (tertiary/aromatic N) is 2. The first-order valence-electron chi connectivity index (χ1n) is 6.51. The summed E-state index contributed by atoms with van der Waals surface area (Å²) in [5.41, 5.74) is 3.17. The van der Waals surface area contributed by atoms with Gasteiger partial charge in [0.15, 0.2) is 0 Å². The first-order valence-corrected chi connectivity index (χ1v) is 6.51. The van der Waals surface area contributed by atoms with Crippen molar-refractivity contribution in [3.63, 3.8) is 0 Å². The van der Waals surface area contributed by atoms with E-state index >= 15 is 0 Å². The van der Waals surface area contributed by atoms with E-state index in [9.17, 15) is 9.59 Å². The van der Waals surface area contributed by atoms with Crippen molar-refractivity contribution in [1.82, 2.24) is 0 Å². The van der Waals surface area contributed by atoms with Crippen LogP contribution in [0.3, 0.4) is 0 Å². The van der Waals surface area contributed by atoms with Gasteiger partial charge < -0.3 is 0 Å². The van der Waals surface area contributed by atoms with Crippen LogP contribution >= 0.6 is 0 Å². The minimum atomic E-state index is -0.339. The molecular formula is C16H12N2O2. The average Bonchev–Trinajstić information content (AvgIpc) is 2.94. The zero-order chi connectivity index (χ0) is 13.9. The van der Waals surface area contributed by atoms with Crippen LogP contribution in [0.15, 0.2) is 48.5 Å². The number of hydrogen-bond acceptors (Lipinski definition) is 2. The Morgan fingerprint density at radius 1 is 1.00 bits per heavy atom. The first kappa shape index (κ1) is 11.2. The molecule has 2 aromatic carbocycles.